The summed E-state index contributed by atoms with van der Waals surface area (Å²) >= 11 is 0. The first-order valence-electron chi connectivity index (χ1n) is 5.27. The van der Waals surface area contributed by atoms with Crippen molar-refractivity contribution in [2.45, 2.75) is 64.1 Å². The van der Waals surface area contributed by atoms with Gasteiger partial charge in [-0.15, -0.1) is 0 Å². The van der Waals surface area contributed by atoms with Crippen molar-refractivity contribution < 1.29 is 0 Å². The Hall–Kier alpha value is -0.0800. The average molecular weight is 170 g/mol. The number of rotatable bonds is 5. The van der Waals surface area contributed by atoms with E-state index in [0.29, 0.717) is 6.04 Å². The van der Waals surface area contributed by atoms with E-state index < -0.39 is 0 Å². The lowest BCUT2D eigenvalue weighted by Crippen LogP contribution is -2.51. The predicted molar refractivity (Wildman–Crippen MR) is 53.1 cm³/mol. The molecule has 12 heavy (non-hydrogen) atoms. The minimum atomic E-state index is 0.474. The lowest BCUT2D eigenvalue weighted by molar-refractivity contribution is 0.257. The van der Waals surface area contributed by atoms with Gasteiger partial charge in [0, 0.05) is 18.1 Å². The monoisotopic (exact) mass is 170 g/mol. The second-order valence-corrected chi connectivity index (χ2v) is 3.99. The van der Waals surface area contributed by atoms with E-state index in [1.165, 1.54) is 32.1 Å². The zero-order chi connectivity index (χ0) is 8.97. The molecule has 2 heteroatoms. The second kappa shape index (κ2) is 4.83. The topological polar surface area (TPSA) is 38.0 Å². The molecule has 1 rings (SSSR count). The maximum atomic E-state index is 5.72. The van der Waals surface area contributed by atoms with Gasteiger partial charge < -0.3 is 11.1 Å². The van der Waals surface area contributed by atoms with E-state index in [0.717, 1.165) is 12.1 Å². The van der Waals surface area contributed by atoms with Crippen molar-refractivity contribution in [2.75, 3.05) is 0 Å². The molecule has 0 bridgehead atoms. The Morgan fingerprint density at radius 3 is 2.50 bits per heavy atom. The van der Waals surface area contributed by atoms with Gasteiger partial charge in [-0.1, -0.05) is 20.3 Å². The normalized spacial score (nSPS) is 31.2. The van der Waals surface area contributed by atoms with E-state index in [-0.39, 0.29) is 0 Å². The highest BCUT2D eigenvalue weighted by Gasteiger charge is 2.26. The Kier molecular flexibility index (Phi) is 4.02. The molecule has 0 amide bonds. The molecule has 0 saturated heterocycles. The van der Waals surface area contributed by atoms with E-state index in [2.05, 4.69) is 19.2 Å². The van der Waals surface area contributed by atoms with Crippen molar-refractivity contribution in [3.05, 3.63) is 0 Å². The number of hydrogen-bond donors (Lipinski definition) is 2. The van der Waals surface area contributed by atoms with Crippen LogP contribution in [0.5, 0.6) is 0 Å². The molecule has 1 aliphatic rings. The van der Waals surface area contributed by atoms with Crippen LogP contribution in [-0.4, -0.2) is 18.1 Å². The Labute approximate surface area is 75.9 Å². The van der Waals surface area contributed by atoms with Gasteiger partial charge in [0.05, 0.1) is 0 Å². The molecular formula is C10H22N2. The molecule has 3 N–H and O–H groups in total. The van der Waals surface area contributed by atoms with Crippen LogP contribution in [-0.2, 0) is 0 Å². The predicted octanol–water partition coefficient (Wildman–Crippen LogP) is 1.64. The Balaban J connectivity index is 2.10. The Bertz CT molecular complexity index is 119. The van der Waals surface area contributed by atoms with E-state index in [4.69, 9.17) is 5.73 Å². The van der Waals surface area contributed by atoms with E-state index in [9.17, 15) is 0 Å². The molecule has 0 aromatic heterocycles. The SMILES string of the molecule is CCCC(CC)NC1CC(N)C1. The summed E-state index contributed by atoms with van der Waals surface area (Å²) in [6.45, 7) is 4.50. The summed E-state index contributed by atoms with van der Waals surface area (Å²) in [4.78, 5) is 0. The van der Waals surface area contributed by atoms with Gasteiger partial charge in [-0.05, 0) is 25.7 Å². The largest absolute Gasteiger partial charge is 0.328 e. The van der Waals surface area contributed by atoms with Gasteiger partial charge in [0.25, 0.3) is 0 Å². The molecule has 1 aliphatic carbocycles. The van der Waals surface area contributed by atoms with Gasteiger partial charge in [-0.2, -0.15) is 0 Å². The number of nitrogens with one attached hydrogen (secondary N) is 1. The van der Waals surface area contributed by atoms with Crippen molar-refractivity contribution in [3.63, 3.8) is 0 Å². The third kappa shape index (κ3) is 2.76. The summed E-state index contributed by atoms with van der Waals surface area (Å²) in [5.41, 5.74) is 5.72. The van der Waals surface area contributed by atoms with E-state index in [1.807, 2.05) is 0 Å². The lowest BCUT2D eigenvalue weighted by Gasteiger charge is -2.36. The van der Waals surface area contributed by atoms with Crippen molar-refractivity contribution in [1.29, 1.82) is 0 Å². The number of nitrogens with two attached hydrogens (primary N) is 1. The minimum Gasteiger partial charge on any atom is -0.328 e. The molecule has 72 valence electrons. The average Bonchev–Trinajstić information content (AvgIpc) is 2.00. The van der Waals surface area contributed by atoms with Gasteiger partial charge in [0.15, 0.2) is 0 Å². The molecule has 0 radical (unpaired) electrons. The zero-order valence-corrected chi connectivity index (χ0v) is 8.34. The van der Waals surface area contributed by atoms with Crippen LogP contribution in [0.4, 0.5) is 0 Å². The third-order valence-electron chi connectivity index (χ3n) is 2.78. The highest BCUT2D eigenvalue weighted by Crippen LogP contribution is 2.19. The van der Waals surface area contributed by atoms with Gasteiger partial charge in [0.1, 0.15) is 0 Å². The summed E-state index contributed by atoms with van der Waals surface area (Å²) in [5.74, 6) is 0. The standard InChI is InChI=1S/C10H22N2/c1-3-5-9(4-2)12-10-6-8(11)7-10/h8-10,12H,3-7,11H2,1-2H3. The molecule has 0 spiro atoms. The highest BCUT2D eigenvalue weighted by molar-refractivity contribution is 4.89. The molecule has 1 fully saturated rings. The lowest BCUT2D eigenvalue weighted by atomic mass is 9.86. The number of hydrogen-bond acceptors (Lipinski definition) is 2. The fourth-order valence-corrected chi connectivity index (χ4v) is 1.89. The van der Waals surface area contributed by atoms with Crippen LogP contribution in [0.3, 0.4) is 0 Å². The summed E-state index contributed by atoms with van der Waals surface area (Å²) in [7, 11) is 0. The summed E-state index contributed by atoms with van der Waals surface area (Å²) in [6, 6.07) is 1.92. The molecule has 1 saturated carbocycles. The van der Waals surface area contributed by atoms with E-state index >= 15 is 0 Å². The molecule has 0 aromatic carbocycles. The van der Waals surface area contributed by atoms with Crippen LogP contribution in [0.25, 0.3) is 0 Å². The molecular weight excluding hydrogens is 148 g/mol. The second-order valence-electron chi connectivity index (χ2n) is 3.99. The van der Waals surface area contributed by atoms with Crippen LogP contribution < -0.4 is 11.1 Å². The fraction of sp³-hybridized carbons (Fsp3) is 1.00. The van der Waals surface area contributed by atoms with E-state index in [1.54, 1.807) is 0 Å². The van der Waals surface area contributed by atoms with Crippen molar-refractivity contribution in [1.82, 2.24) is 5.32 Å². The summed E-state index contributed by atoms with van der Waals surface area (Å²) in [5, 5.41) is 3.65. The first-order chi connectivity index (χ1) is 5.76. The smallest absolute Gasteiger partial charge is 0.00991 e. The molecule has 0 aliphatic heterocycles. The zero-order valence-electron chi connectivity index (χ0n) is 8.34. The molecule has 2 nitrogen and oxygen atoms in total. The first-order valence-corrected chi connectivity index (χ1v) is 5.27. The summed E-state index contributed by atoms with van der Waals surface area (Å²) < 4.78 is 0. The maximum Gasteiger partial charge on any atom is 0.00991 e. The van der Waals surface area contributed by atoms with Crippen molar-refractivity contribution in [2.24, 2.45) is 5.73 Å². The Morgan fingerprint density at radius 2 is 2.08 bits per heavy atom. The van der Waals surface area contributed by atoms with Crippen LogP contribution >= 0.6 is 0 Å². The minimum absolute atomic E-state index is 0.474. The quantitative estimate of drug-likeness (QED) is 0.658. The van der Waals surface area contributed by atoms with Gasteiger partial charge in [-0.25, -0.2) is 0 Å². The van der Waals surface area contributed by atoms with Crippen LogP contribution in [0.15, 0.2) is 0 Å². The van der Waals surface area contributed by atoms with Crippen molar-refractivity contribution in [3.8, 4) is 0 Å². The highest BCUT2D eigenvalue weighted by atomic mass is 15.0. The Morgan fingerprint density at radius 1 is 1.42 bits per heavy atom. The molecule has 0 heterocycles. The van der Waals surface area contributed by atoms with Crippen LogP contribution in [0.2, 0.25) is 0 Å². The van der Waals surface area contributed by atoms with Crippen LogP contribution in [0.1, 0.15) is 46.0 Å². The first kappa shape index (κ1) is 10.0. The molecule has 1 atom stereocenters. The molecule has 0 aromatic rings. The van der Waals surface area contributed by atoms with Gasteiger partial charge in [-0.3, -0.25) is 0 Å². The van der Waals surface area contributed by atoms with Crippen LogP contribution in [0, 0.1) is 0 Å². The molecule has 1 unspecified atom stereocenters. The summed E-state index contributed by atoms with van der Waals surface area (Å²) in [6.07, 6.45) is 6.20. The maximum absolute atomic E-state index is 5.72. The third-order valence-corrected chi connectivity index (χ3v) is 2.78. The van der Waals surface area contributed by atoms with Gasteiger partial charge in [0.2, 0.25) is 0 Å². The van der Waals surface area contributed by atoms with Gasteiger partial charge >= 0.3 is 0 Å². The van der Waals surface area contributed by atoms with Crippen molar-refractivity contribution >= 4 is 0 Å². The fourth-order valence-electron chi connectivity index (χ4n) is 1.89.